The fraction of sp³-hybridized carbons (Fsp3) is 0.625. The molecule has 0 aromatic heterocycles. The van der Waals surface area contributed by atoms with Crippen molar-refractivity contribution in [1.82, 2.24) is 10.6 Å². The van der Waals surface area contributed by atoms with E-state index in [9.17, 15) is 0 Å². The van der Waals surface area contributed by atoms with Crippen LogP contribution in [0.5, 0.6) is 5.75 Å². The van der Waals surface area contributed by atoms with Crippen molar-refractivity contribution in [3.8, 4) is 5.75 Å². The van der Waals surface area contributed by atoms with Gasteiger partial charge < -0.3 is 15.4 Å². The molecule has 1 aromatic rings. The van der Waals surface area contributed by atoms with Gasteiger partial charge in [-0.3, -0.25) is 0 Å². The minimum Gasteiger partial charge on any atom is -0.496 e. The van der Waals surface area contributed by atoms with Crippen LogP contribution in [0.4, 0.5) is 0 Å². The van der Waals surface area contributed by atoms with E-state index >= 15 is 0 Å². The first kappa shape index (κ1) is 14.4. The lowest BCUT2D eigenvalue weighted by Crippen LogP contribution is -2.37. The Bertz CT molecular complexity index is 425. The maximum Gasteiger partial charge on any atom is 0.122 e. The van der Waals surface area contributed by atoms with Crippen molar-refractivity contribution in [2.24, 2.45) is 5.92 Å². The summed E-state index contributed by atoms with van der Waals surface area (Å²) in [6, 6.07) is 4.74. The second-order valence-corrected chi connectivity index (χ2v) is 5.48. The summed E-state index contributed by atoms with van der Waals surface area (Å²) in [5, 5.41) is 7.02. The van der Waals surface area contributed by atoms with Gasteiger partial charge in [0, 0.05) is 6.04 Å². The standard InChI is InChI=1S/C16H26N2O/c1-11-12(2)15(19-4)8-7-14(11)16(17-3)13-6-5-9-18-10-13/h7-8,13,16-18H,5-6,9-10H2,1-4H3. The van der Waals surface area contributed by atoms with Crippen LogP contribution in [0.25, 0.3) is 0 Å². The fourth-order valence-electron chi connectivity index (χ4n) is 3.18. The summed E-state index contributed by atoms with van der Waals surface area (Å²) in [5.41, 5.74) is 4.02. The van der Waals surface area contributed by atoms with Crippen LogP contribution >= 0.6 is 0 Å². The maximum atomic E-state index is 5.41. The van der Waals surface area contributed by atoms with Crippen molar-refractivity contribution in [3.05, 3.63) is 28.8 Å². The lowest BCUT2D eigenvalue weighted by atomic mass is 9.84. The Morgan fingerprint density at radius 1 is 1.32 bits per heavy atom. The Labute approximate surface area is 116 Å². The molecule has 0 bridgehead atoms. The molecular weight excluding hydrogens is 236 g/mol. The molecule has 2 atom stereocenters. The highest BCUT2D eigenvalue weighted by Crippen LogP contribution is 2.33. The van der Waals surface area contributed by atoms with E-state index in [1.165, 1.54) is 29.5 Å². The predicted molar refractivity (Wildman–Crippen MR) is 79.9 cm³/mol. The van der Waals surface area contributed by atoms with Gasteiger partial charge in [-0.1, -0.05) is 6.07 Å². The number of methoxy groups -OCH3 is 1. The zero-order chi connectivity index (χ0) is 13.8. The summed E-state index contributed by atoms with van der Waals surface area (Å²) in [4.78, 5) is 0. The van der Waals surface area contributed by atoms with E-state index in [0.29, 0.717) is 12.0 Å². The van der Waals surface area contributed by atoms with Gasteiger partial charge in [0.2, 0.25) is 0 Å². The second kappa shape index (κ2) is 6.40. The van der Waals surface area contributed by atoms with Gasteiger partial charge in [-0.15, -0.1) is 0 Å². The van der Waals surface area contributed by atoms with Gasteiger partial charge in [-0.05, 0) is 75.5 Å². The first-order valence-electron chi connectivity index (χ1n) is 7.21. The number of benzene rings is 1. The Kier molecular flexibility index (Phi) is 4.83. The molecule has 0 radical (unpaired) electrons. The number of piperidine rings is 1. The molecule has 1 saturated heterocycles. The Balaban J connectivity index is 2.30. The van der Waals surface area contributed by atoms with E-state index in [1.54, 1.807) is 7.11 Å². The van der Waals surface area contributed by atoms with Crippen LogP contribution in [-0.4, -0.2) is 27.2 Å². The first-order valence-corrected chi connectivity index (χ1v) is 7.21. The summed E-state index contributed by atoms with van der Waals surface area (Å²) in [6.45, 7) is 6.61. The number of nitrogens with one attached hydrogen (secondary N) is 2. The van der Waals surface area contributed by atoms with Crippen LogP contribution < -0.4 is 15.4 Å². The van der Waals surface area contributed by atoms with Crippen molar-refractivity contribution in [2.75, 3.05) is 27.2 Å². The van der Waals surface area contributed by atoms with E-state index in [2.05, 4.69) is 43.7 Å². The molecule has 19 heavy (non-hydrogen) atoms. The second-order valence-electron chi connectivity index (χ2n) is 5.48. The van der Waals surface area contributed by atoms with Gasteiger partial charge in [0.1, 0.15) is 5.75 Å². The van der Waals surface area contributed by atoms with E-state index in [4.69, 9.17) is 4.74 Å². The molecule has 3 nitrogen and oxygen atoms in total. The van der Waals surface area contributed by atoms with Crippen LogP contribution in [0, 0.1) is 19.8 Å². The fourth-order valence-corrected chi connectivity index (χ4v) is 3.18. The molecule has 0 aliphatic carbocycles. The molecule has 1 aliphatic rings. The van der Waals surface area contributed by atoms with Gasteiger partial charge in [-0.25, -0.2) is 0 Å². The van der Waals surface area contributed by atoms with Crippen LogP contribution in [0.15, 0.2) is 12.1 Å². The van der Waals surface area contributed by atoms with Crippen molar-refractivity contribution >= 4 is 0 Å². The van der Waals surface area contributed by atoms with Crippen LogP contribution in [-0.2, 0) is 0 Å². The van der Waals surface area contributed by atoms with Crippen LogP contribution in [0.2, 0.25) is 0 Å². The lowest BCUT2D eigenvalue weighted by molar-refractivity contribution is 0.297. The van der Waals surface area contributed by atoms with E-state index in [0.717, 1.165) is 18.8 Å². The van der Waals surface area contributed by atoms with E-state index in [1.807, 2.05) is 0 Å². The molecule has 1 aromatic carbocycles. The van der Waals surface area contributed by atoms with Crippen molar-refractivity contribution < 1.29 is 4.74 Å². The zero-order valence-electron chi connectivity index (χ0n) is 12.5. The summed E-state index contributed by atoms with van der Waals surface area (Å²) in [7, 11) is 3.81. The smallest absolute Gasteiger partial charge is 0.122 e. The van der Waals surface area contributed by atoms with Gasteiger partial charge in [0.15, 0.2) is 0 Å². The highest BCUT2D eigenvalue weighted by atomic mass is 16.5. The topological polar surface area (TPSA) is 33.3 Å². The normalized spacial score (nSPS) is 21.2. The van der Waals surface area contributed by atoms with Crippen molar-refractivity contribution in [3.63, 3.8) is 0 Å². The third-order valence-electron chi connectivity index (χ3n) is 4.45. The number of hydrogen-bond donors (Lipinski definition) is 2. The van der Waals surface area contributed by atoms with Gasteiger partial charge >= 0.3 is 0 Å². The van der Waals surface area contributed by atoms with Crippen LogP contribution in [0.1, 0.15) is 35.6 Å². The molecule has 1 heterocycles. The first-order chi connectivity index (χ1) is 9.19. The number of ether oxygens (including phenoxy) is 1. The molecule has 1 fully saturated rings. The minimum atomic E-state index is 0.428. The van der Waals surface area contributed by atoms with Gasteiger partial charge in [0.05, 0.1) is 7.11 Å². The molecular formula is C16H26N2O. The average molecular weight is 262 g/mol. The van der Waals surface area contributed by atoms with Crippen molar-refractivity contribution in [1.29, 1.82) is 0 Å². The van der Waals surface area contributed by atoms with E-state index < -0.39 is 0 Å². The lowest BCUT2D eigenvalue weighted by Gasteiger charge is -2.32. The highest BCUT2D eigenvalue weighted by molar-refractivity contribution is 5.45. The molecule has 2 unspecified atom stereocenters. The quantitative estimate of drug-likeness (QED) is 0.875. The predicted octanol–water partition coefficient (Wildman–Crippen LogP) is 2.57. The largest absolute Gasteiger partial charge is 0.496 e. The number of hydrogen-bond acceptors (Lipinski definition) is 3. The summed E-state index contributed by atoms with van der Waals surface area (Å²) < 4.78 is 5.41. The molecule has 106 valence electrons. The minimum absolute atomic E-state index is 0.428. The summed E-state index contributed by atoms with van der Waals surface area (Å²) >= 11 is 0. The van der Waals surface area contributed by atoms with E-state index in [-0.39, 0.29) is 0 Å². The third-order valence-corrected chi connectivity index (χ3v) is 4.45. The van der Waals surface area contributed by atoms with Gasteiger partial charge in [-0.2, -0.15) is 0 Å². The Morgan fingerprint density at radius 3 is 2.68 bits per heavy atom. The maximum absolute atomic E-state index is 5.41. The summed E-state index contributed by atoms with van der Waals surface area (Å²) in [5.74, 6) is 1.66. The monoisotopic (exact) mass is 262 g/mol. The Hall–Kier alpha value is -1.06. The molecule has 1 aliphatic heterocycles. The third kappa shape index (κ3) is 2.93. The average Bonchev–Trinajstić information content (AvgIpc) is 2.45. The number of rotatable bonds is 4. The SMILES string of the molecule is CNC(c1ccc(OC)c(C)c1C)C1CCCNC1. The molecule has 0 spiro atoms. The summed E-state index contributed by atoms with van der Waals surface area (Å²) in [6.07, 6.45) is 2.57. The molecule has 0 saturated carbocycles. The van der Waals surface area contributed by atoms with Crippen molar-refractivity contribution in [2.45, 2.75) is 32.7 Å². The van der Waals surface area contributed by atoms with Crippen LogP contribution in [0.3, 0.4) is 0 Å². The molecule has 3 heteroatoms. The van der Waals surface area contributed by atoms with Gasteiger partial charge in [0.25, 0.3) is 0 Å². The molecule has 0 amide bonds. The zero-order valence-corrected chi connectivity index (χ0v) is 12.5. The Morgan fingerprint density at radius 2 is 2.11 bits per heavy atom. The highest BCUT2D eigenvalue weighted by Gasteiger charge is 2.25. The molecule has 2 N–H and O–H groups in total. The molecule has 2 rings (SSSR count).